The van der Waals surface area contributed by atoms with Crippen LogP contribution in [0.3, 0.4) is 0 Å². The lowest BCUT2D eigenvalue weighted by Crippen LogP contribution is -2.50. The van der Waals surface area contributed by atoms with Crippen molar-refractivity contribution in [3.63, 3.8) is 0 Å². The number of rotatable bonds is 2. The molecule has 1 fully saturated rings. The standard InChI is InChI=1S/C13H18N2O2/c1-10-9-17-8-7-15(10)13(16)12(14)11-5-3-2-4-6-11/h2-6,10,12H,7-9,14H2,1H3/t10?,12-/m1/s1. The third kappa shape index (κ3) is 2.65. The highest BCUT2D eigenvalue weighted by atomic mass is 16.5. The first-order valence-corrected chi connectivity index (χ1v) is 5.89. The van der Waals surface area contributed by atoms with Crippen LogP contribution in [0.15, 0.2) is 30.3 Å². The molecule has 1 aromatic rings. The van der Waals surface area contributed by atoms with E-state index >= 15 is 0 Å². The van der Waals surface area contributed by atoms with E-state index in [0.717, 1.165) is 5.56 Å². The van der Waals surface area contributed by atoms with Gasteiger partial charge in [0.25, 0.3) is 0 Å². The fraction of sp³-hybridized carbons (Fsp3) is 0.462. The Hall–Kier alpha value is -1.39. The summed E-state index contributed by atoms with van der Waals surface area (Å²) in [5.74, 6) is -0.0213. The quantitative estimate of drug-likeness (QED) is 0.828. The van der Waals surface area contributed by atoms with Crippen molar-refractivity contribution in [2.45, 2.75) is 19.0 Å². The summed E-state index contributed by atoms with van der Waals surface area (Å²) in [4.78, 5) is 14.1. The van der Waals surface area contributed by atoms with Crippen LogP contribution in [0.25, 0.3) is 0 Å². The third-order valence-corrected chi connectivity index (χ3v) is 3.08. The van der Waals surface area contributed by atoms with E-state index in [1.54, 1.807) is 4.90 Å². The molecule has 0 spiro atoms. The number of hydrogen-bond acceptors (Lipinski definition) is 3. The summed E-state index contributed by atoms with van der Waals surface area (Å²) in [6, 6.07) is 9.00. The maximum Gasteiger partial charge on any atom is 0.244 e. The SMILES string of the molecule is CC1COCCN1C(=O)[C@H](N)c1ccccc1. The number of carbonyl (C=O) groups excluding carboxylic acids is 1. The predicted molar refractivity (Wildman–Crippen MR) is 65.4 cm³/mol. The largest absolute Gasteiger partial charge is 0.377 e. The van der Waals surface area contributed by atoms with Gasteiger partial charge in [-0.2, -0.15) is 0 Å². The van der Waals surface area contributed by atoms with E-state index in [-0.39, 0.29) is 11.9 Å². The van der Waals surface area contributed by atoms with Crippen LogP contribution in [-0.4, -0.2) is 36.6 Å². The number of hydrogen-bond donors (Lipinski definition) is 1. The van der Waals surface area contributed by atoms with Crippen LogP contribution in [0.2, 0.25) is 0 Å². The molecule has 1 aliphatic rings. The van der Waals surface area contributed by atoms with Crippen molar-refractivity contribution >= 4 is 5.91 Å². The maximum absolute atomic E-state index is 12.3. The summed E-state index contributed by atoms with van der Waals surface area (Å²) in [5, 5.41) is 0. The zero-order valence-corrected chi connectivity index (χ0v) is 10.0. The molecule has 1 saturated heterocycles. The Morgan fingerprint density at radius 2 is 2.18 bits per heavy atom. The van der Waals surface area contributed by atoms with Crippen LogP contribution < -0.4 is 5.73 Å². The maximum atomic E-state index is 12.3. The summed E-state index contributed by atoms with van der Waals surface area (Å²) in [6.07, 6.45) is 0. The molecule has 0 aliphatic carbocycles. The Balaban J connectivity index is 2.09. The predicted octanol–water partition coefficient (Wildman–Crippen LogP) is 0.934. The molecule has 0 aromatic heterocycles. The van der Waals surface area contributed by atoms with Gasteiger partial charge in [0.2, 0.25) is 5.91 Å². The third-order valence-electron chi connectivity index (χ3n) is 3.08. The molecule has 2 N–H and O–H groups in total. The lowest BCUT2D eigenvalue weighted by Gasteiger charge is -2.35. The van der Waals surface area contributed by atoms with Crippen LogP contribution in [-0.2, 0) is 9.53 Å². The van der Waals surface area contributed by atoms with Crippen LogP contribution in [0.4, 0.5) is 0 Å². The molecule has 1 heterocycles. The second-order valence-corrected chi connectivity index (χ2v) is 4.34. The number of morpholine rings is 1. The first kappa shape index (κ1) is 12.1. The fourth-order valence-electron chi connectivity index (χ4n) is 2.04. The van der Waals surface area contributed by atoms with Crippen LogP contribution in [0, 0.1) is 0 Å². The Bertz CT molecular complexity index is 380. The van der Waals surface area contributed by atoms with Gasteiger partial charge in [-0.3, -0.25) is 4.79 Å². The van der Waals surface area contributed by atoms with Gasteiger partial charge in [0.1, 0.15) is 6.04 Å². The van der Waals surface area contributed by atoms with Gasteiger partial charge in [0.15, 0.2) is 0 Å². The molecular weight excluding hydrogens is 216 g/mol. The Morgan fingerprint density at radius 3 is 2.82 bits per heavy atom. The molecule has 92 valence electrons. The summed E-state index contributed by atoms with van der Waals surface area (Å²) in [7, 11) is 0. The molecule has 1 aliphatic heterocycles. The van der Waals surface area contributed by atoms with Gasteiger partial charge < -0.3 is 15.4 Å². The Labute approximate surface area is 101 Å². The topological polar surface area (TPSA) is 55.6 Å². The molecular formula is C13H18N2O2. The highest BCUT2D eigenvalue weighted by Crippen LogP contribution is 2.16. The molecule has 4 nitrogen and oxygen atoms in total. The molecule has 0 bridgehead atoms. The Kier molecular flexibility index (Phi) is 3.76. The van der Waals surface area contributed by atoms with E-state index < -0.39 is 6.04 Å². The summed E-state index contributed by atoms with van der Waals surface area (Å²) in [5.41, 5.74) is 6.86. The van der Waals surface area contributed by atoms with E-state index in [0.29, 0.717) is 19.8 Å². The summed E-state index contributed by atoms with van der Waals surface area (Å²) < 4.78 is 5.31. The molecule has 4 heteroatoms. The van der Waals surface area contributed by atoms with Gasteiger partial charge in [-0.25, -0.2) is 0 Å². The van der Waals surface area contributed by atoms with Crippen LogP contribution >= 0.6 is 0 Å². The molecule has 0 radical (unpaired) electrons. The lowest BCUT2D eigenvalue weighted by molar-refractivity contribution is -0.140. The van der Waals surface area contributed by atoms with Crippen molar-refractivity contribution in [1.82, 2.24) is 4.90 Å². The normalized spacial score (nSPS) is 22.2. The van der Waals surface area contributed by atoms with E-state index in [9.17, 15) is 4.79 Å². The molecule has 17 heavy (non-hydrogen) atoms. The average molecular weight is 234 g/mol. The van der Waals surface area contributed by atoms with Crippen molar-refractivity contribution in [2.24, 2.45) is 5.73 Å². The zero-order valence-electron chi connectivity index (χ0n) is 10.0. The molecule has 0 saturated carbocycles. The van der Waals surface area contributed by atoms with Gasteiger partial charge in [0.05, 0.1) is 19.3 Å². The van der Waals surface area contributed by atoms with E-state index in [1.807, 2.05) is 37.3 Å². The Morgan fingerprint density at radius 1 is 1.47 bits per heavy atom. The minimum absolute atomic E-state index is 0.0213. The van der Waals surface area contributed by atoms with Crippen molar-refractivity contribution in [3.05, 3.63) is 35.9 Å². The van der Waals surface area contributed by atoms with E-state index in [4.69, 9.17) is 10.5 Å². The number of nitrogens with two attached hydrogens (primary N) is 1. The lowest BCUT2D eigenvalue weighted by atomic mass is 10.1. The van der Waals surface area contributed by atoms with Gasteiger partial charge >= 0.3 is 0 Å². The number of amides is 1. The van der Waals surface area contributed by atoms with Gasteiger partial charge in [-0.1, -0.05) is 30.3 Å². The molecule has 2 rings (SSSR count). The van der Waals surface area contributed by atoms with Crippen molar-refractivity contribution in [2.75, 3.05) is 19.8 Å². The van der Waals surface area contributed by atoms with E-state index in [1.165, 1.54) is 0 Å². The number of carbonyl (C=O) groups is 1. The van der Waals surface area contributed by atoms with Gasteiger partial charge in [-0.15, -0.1) is 0 Å². The minimum Gasteiger partial charge on any atom is -0.377 e. The smallest absolute Gasteiger partial charge is 0.244 e. The van der Waals surface area contributed by atoms with E-state index in [2.05, 4.69) is 0 Å². The van der Waals surface area contributed by atoms with Crippen molar-refractivity contribution < 1.29 is 9.53 Å². The number of nitrogens with zero attached hydrogens (tertiary/aromatic N) is 1. The number of ether oxygens (including phenoxy) is 1. The summed E-state index contributed by atoms with van der Waals surface area (Å²) >= 11 is 0. The monoisotopic (exact) mass is 234 g/mol. The van der Waals surface area contributed by atoms with Crippen molar-refractivity contribution in [1.29, 1.82) is 0 Å². The fourth-order valence-corrected chi connectivity index (χ4v) is 2.04. The zero-order chi connectivity index (χ0) is 12.3. The second-order valence-electron chi connectivity index (χ2n) is 4.34. The first-order chi connectivity index (χ1) is 8.20. The van der Waals surface area contributed by atoms with Gasteiger partial charge in [-0.05, 0) is 12.5 Å². The second kappa shape index (κ2) is 5.29. The van der Waals surface area contributed by atoms with Crippen LogP contribution in [0.1, 0.15) is 18.5 Å². The van der Waals surface area contributed by atoms with Crippen molar-refractivity contribution in [3.8, 4) is 0 Å². The van der Waals surface area contributed by atoms with Crippen LogP contribution in [0.5, 0.6) is 0 Å². The molecule has 1 aromatic carbocycles. The molecule has 1 unspecified atom stereocenters. The molecule has 2 atom stereocenters. The summed E-state index contributed by atoms with van der Waals surface area (Å²) in [6.45, 7) is 3.79. The highest BCUT2D eigenvalue weighted by molar-refractivity contribution is 5.83. The minimum atomic E-state index is -0.572. The molecule has 1 amide bonds. The highest BCUT2D eigenvalue weighted by Gasteiger charge is 2.28. The van der Waals surface area contributed by atoms with Gasteiger partial charge in [0, 0.05) is 6.54 Å². The average Bonchev–Trinajstić information content (AvgIpc) is 2.39. The first-order valence-electron chi connectivity index (χ1n) is 5.89. The number of benzene rings is 1.